The summed E-state index contributed by atoms with van der Waals surface area (Å²) in [6.07, 6.45) is 3.42. The number of carbonyl (C=O) groups is 2. The van der Waals surface area contributed by atoms with Crippen molar-refractivity contribution < 1.29 is 14.3 Å². The zero-order valence-electron chi connectivity index (χ0n) is 14.6. The van der Waals surface area contributed by atoms with Crippen molar-refractivity contribution in [2.45, 2.75) is 26.3 Å². The summed E-state index contributed by atoms with van der Waals surface area (Å²) in [6.45, 7) is 4.04. The van der Waals surface area contributed by atoms with Crippen LogP contribution >= 0.6 is 0 Å². The molecule has 0 unspecified atom stereocenters. The lowest BCUT2D eigenvalue weighted by Gasteiger charge is -2.30. The second kappa shape index (κ2) is 8.88. The summed E-state index contributed by atoms with van der Waals surface area (Å²) in [5.74, 6) is 0.0280. The Morgan fingerprint density at radius 1 is 1.32 bits per heavy atom. The maximum Gasteiger partial charge on any atom is 0.337 e. The molecule has 25 heavy (non-hydrogen) atoms. The predicted molar refractivity (Wildman–Crippen MR) is 93.3 cm³/mol. The number of hydrogen-bond donors (Lipinski definition) is 1. The topological polar surface area (TPSA) is 82.4 Å². The third kappa shape index (κ3) is 5.08. The zero-order chi connectivity index (χ0) is 18.2. The zero-order valence-corrected chi connectivity index (χ0v) is 14.6. The summed E-state index contributed by atoms with van der Waals surface area (Å²) in [7, 11) is 1.34. The maximum atomic E-state index is 12.4. The second-order valence-corrected chi connectivity index (χ2v) is 6.21. The molecule has 1 saturated heterocycles. The van der Waals surface area contributed by atoms with Gasteiger partial charge in [-0.25, -0.2) is 4.79 Å². The number of methoxy groups -OCH3 is 1. The van der Waals surface area contributed by atoms with Gasteiger partial charge in [-0.2, -0.15) is 5.26 Å². The van der Waals surface area contributed by atoms with E-state index in [1.54, 1.807) is 29.2 Å². The van der Waals surface area contributed by atoms with Crippen LogP contribution in [-0.2, 0) is 16.1 Å². The minimum Gasteiger partial charge on any atom is -0.465 e. The first-order valence-corrected chi connectivity index (χ1v) is 8.35. The first kappa shape index (κ1) is 18.5. The molecule has 6 heteroatoms. The van der Waals surface area contributed by atoms with E-state index in [0.717, 1.165) is 18.4 Å². The number of amides is 1. The van der Waals surface area contributed by atoms with Gasteiger partial charge in [0.05, 0.1) is 12.7 Å². The van der Waals surface area contributed by atoms with E-state index in [1.165, 1.54) is 13.3 Å². The number of nitrogens with one attached hydrogen (secondary N) is 1. The summed E-state index contributed by atoms with van der Waals surface area (Å²) < 4.78 is 4.65. The van der Waals surface area contributed by atoms with Gasteiger partial charge < -0.3 is 15.0 Å². The number of rotatable bonds is 5. The lowest BCUT2D eigenvalue weighted by Crippen LogP contribution is -2.38. The molecule has 0 radical (unpaired) electrons. The number of likely N-dealkylation sites (tertiary alicyclic amines) is 1. The molecule has 0 spiro atoms. The van der Waals surface area contributed by atoms with Crippen LogP contribution in [0.15, 0.2) is 36.0 Å². The predicted octanol–water partition coefficient (Wildman–Crippen LogP) is 2.23. The van der Waals surface area contributed by atoms with E-state index in [-0.39, 0.29) is 17.4 Å². The molecule has 1 amide bonds. The molecule has 1 aromatic carbocycles. The monoisotopic (exact) mass is 341 g/mol. The third-order valence-electron chi connectivity index (χ3n) is 4.35. The number of nitrogens with zero attached hydrogens (tertiary/aromatic N) is 2. The number of hydrogen-bond acceptors (Lipinski definition) is 5. The molecular formula is C19H23N3O3. The summed E-state index contributed by atoms with van der Waals surface area (Å²) >= 11 is 0. The highest BCUT2D eigenvalue weighted by molar-refractivity contribution is 5.97. The molecule has 1 heterocycles. The van der Waals surface area contributed by atoms with Crippen molar-refractivity contribution in [3.63, 3.8) is 0 Å². The molecule has 132 valence electrons. The number of esters is 1. The summed E-state index contributed by atoms with van der Waals surface area (Å²) in [5.41, 5.74) is 1.52. The smallest absolute Gasteiger partial charge is 0.337 e. The molecule has 0 saturated carbocycles. The SMILES string of the molecule is COC(=O)c1ccc(CN/C=C(/C#N)C(=O)N2CCC(C)CC2)cc1. The van der Waals surface area contributed by atoms with Crippen LogP contribution in [0, 0.1) is 17.2 Å². The fourth-order valence-corrected chi connectivity index (χ4v) is 2.67. The Kier molecular flexibility index (Phi) is 6.58. The van der Waals surface area contributed by atoms with E-state index in [0.29, 0.717) is 31.1 Å². The van der Waals surface area contributed by atoms with Gasteiger partial charge in [-0.15, -0.1) is 0 Å². The van der Waals surface area contributed by atoms with E-state index in [9.17, 15) is 14.9 Å². The van der Waals surface area contributed by atoms with Crippen molar-refractivity contribution in [2.75, 3.05) is 20.2 Å². The molecule has 0 atom stereocenters. The Hall–Kier alpha value is -2.81. The van der Waals surface area contributed by atoms with E-state index >= 15 is 0 Å². The van der Waals surface area contributed by atoms with Crippen LogP contribution in [0.2, 0.25) is 0 Å². The average Bonchev–Trinajstić information content (AvgIpc) is 2.65. The quantitative estimate of drug-likeness (QED) is 0.504. The second-order valence-electron chi connectivity index (χ2n) is 6.21. The Labute approximate surface area is 148 Å². The van der Waals surface area contributed by atoms with Crippen LogP contribution in [-0.4, -0.2) is 37.0 Å². The largest absolute Gasteiger partial charge is 0.465 e. The third-order valence-corrected chi connectivity index (χ3v) is 4.35. The van der Waals surface area contributed by atoms with Crippen molar-refractivity contribution in [3.05, 3.63) is 47.2 Å². The van der Waals surface area contributed by atoms with E-state index < -0.39 is 0 Å². The highest BCUT2D eigenvalue weighted by Gasteiger charge is 2.22. The Bertz CT molecular complexity index is 681. The van der Waals surface area contributed by atoms with Gasteiger partial charge in [-0.3, -0.25) is 4.79 Å². The van der Waals surface area contributed by atoms with Crippen molar-refractivity contribution in [3.8, 4) is 6.07 Å². The molecule has 0 bridgehead atoms. The van der Waals surface area contributed by atoms with Crippen LogP contribution in [0.4, 0.5) is 0 Å². The number of ether oxygens (including phenoxy) is 1. The lowest BCUT2D eigenvalue weighted by atomic mass is 9.99. The maximum absolute atomic E-state index is 12.4. The molecule has 0 aliphatic carbocycles. The molecule has 1 aromatic rings. The van der Waals surface area contributed by atoms with Crippen molar-refractivity contribution in [1.29, 1.82) is 5.26 Å². The fourth-order valence-electron chi connectivity index (χ4n) is 2.67. The normalized spacial score (nSPS) is 15.4. The van der Waals surface area contributed by atoms with Gasteiger partial charge in [-0.05, 0) is 36.5 Å². The average molecular weight is 341 g/mol. The number of benzene rings is 1. The first-order chi connectivity index (χ1) is 12.0. The number of piperidine rings is 1. The van der Waals surface area contributed by atoms with Crippen LogP contribution in [0.3, 0.4) is 0 Å². The fraction of sp³-hybridized carbons (Fsp3) is 0.421. The summed E-state index contributed by atoms with van der Waals surface area (Å²) in [6, 6.07) is 8.93. The molecule has 6 nitrogen and oxygen atoms in total. The van der Waals surface area contributed by atoms with Crippen LogP contribution in [0.25, 0.3) is 0 Å². The van der Waals surface area contributed by atoms with Gasteiger partial charge in [0.1, 0.15) is 11.6 Å². The highest BCUT2D eigenvalue weighted by Crippen LogP contribution is 2.17. The van der Waals surface area contributed by atoms with Crippen molar-refractivity contribution in [2.24, 2.45) is 5.92 Å². The summed E-state index contributed by atoms with van der Waals surface area (Å²) in [4.78, 5) is 25.5. The minimum atomic E-state index is -0.382. The summed E-state index contributed by atoms with van der Waals surface area (Å²) in [5, 5.41) is 12.2. The molecule has 2 rings (SSSR count). The van der Waals surface area contributed by atoms with E-state index in [2.05, 4.69) is 17.0 Å². The van der Waals surface area contributed by atoms with Crippen LogP contribution in [0.5, 0.6) is 0 Å². The molecular weight excluding hydrogens is 318 g/mol. The standard InChI is InChI=1S/C19H23N3O3/c1-14-7-9-22(10-8-14)18(23)17(11-20)13-21-12-15-3-5-16(6-4-15)19(24)25-2/h3-6,13-14,21H,7-10,12H2,1-2H3/b17-13-. The van der Waals surface area contributed by atoms with Gasteiger partial charge in [-0.1, -0.05) is 19.1 Å². The molecule has 1 aliphatic rings. The van der Waals surface area contributed by atoms with Crippen molar-refractivity contribution >= 4 is 11.9 Å². The first-order valence-electron chi connectivity index (χ1n) is 8.35. The number of carbonyl (C=O) groups excluding carboxylic acids is 2. The van der Waals surface area contributed by atoms with Gasteiger partial charge >= 0.3 is 5.97 Å². The highest BCUT2D eigenvalue weighted by atomic mass is 16.5. The Morgan fingerprint density at radius 2 is 1.96 bits per heavy atom. The molecule has 1 fully saturated rings. The number of nitriles is 1. The lowest BCUT2D eigenvalue weighted by molar-refractivity contribution is -0.128. The van der Waals surface area contributed by atoms with Crippen LogP contribution in [0.1, 0.15) is 35.7 Å². The van der Waals surface area contributed by atoms with Gasteiger partial charge in [0, 0.05) is 25.8 Å². The van der Waals surface area contributed by atoms with Gasteiger partial charge in [0.15, 0.2) is 0 Å². The van der Waals surface area contributed by atoms with Crippen molar-refractivity contribution in [1.82, 2.24) is 10.2 Å². The Balaban J connectivity index is 1.91. The molecule has 0 aromatic heterocycles. The molecule has 1 aliphatic heterocycles. The Morgan fingerprint density at radius 3 is 2.52 bits per heavy atom. The van der Waals surface area contributed by atoms with E-state index in [1.807, 2.05) is 6.07 Å². The molecule has 1 N–H and O–H groups in total. The van der Waals surface area contributed by atoms with Gasteiger partial charge in [0.2, 0.25) is 0 Å². The minimum absolute atomic E-state index is 0.112. The van der Waals surface area contributed by atoms with Crippen LogP contribution < -0.4 is 5.32 Å². The van der Waals surface area contributed by atoms with Gasteiger partial charge in [0.25, 0.3) is 5.91 Å². The van der Waals surface area contributed by atoms with E-state index in [4.69, 9.17) is 0 Å².